The summed E-state index contributed by atoms with van der Waals surface area (Å²) in [5.74, 6) is -1.08. The van der Waals surface area contributed by atoms with Gasteiger partial charge in [-0.25, -0.2) is 0 Å². The molecule has 3 atom stereocenters. The van der Waals surface area contributed by atoms with Crippen LogP contribution in [0.15, 0.2) is 0 Å². The molecule has 2 aliphatic heterocycles. The van der Waals surface area contributed by atoms with Crippen LogP contribution >= 0.6 is 0 Å². The lowest BCUT2D eigenvalue weighted by Gasteiger charge is -2.24. The Hall–Kier alpha value is -1.10. The Bertz CT molecular complexity index is 313. The van der Waals surface area contributed by atoms with Gasteiger partial charge < -0.3 is 15.3 Å². The molecule has 0 bridgehead atoms. The average molecular weight is 240 g/mol. The summed E-state index contributed by atoms with van der Waals surface area (Å²) in [6, 6.07) is 0.125. The molecule has 2 heterocycles. The van der Waals surface area contributed by atoms with E-state index < -0.39 is 11.9 Å². The summed E-state index contributed by atoms with van der Waals surface area (Å²) in [6.07, 6.45) is 3.28. The highest BCUT2D eigenvalue weighted by molar-refractivity contribution is 5.80. The molecule has 0 aliphatic carbocycles. The molecule has 5 nitrogen and oxygen atoms in total. The summed E-state index contributed by atoms with van der Waals surface area (Å²) in [6.45, 7) is 3.42. The zero-order valence-corrected chi connectivity index (χ0v) is 10.2. The molecule has 1 amide bonds. The Morgan fingerprint density at radius 1 is 1.41 bits per heavy atom. The molecule has 0 aromatic carbocycles. The molecule has 0 saturated carbocycles. The molecule has 2 saturated heterocycles. The van der Waals surface area contributed by atoms with Crippen LogP contribution in [0.2, 0.25) is 0 Å². The van der Waals surface area contributed by atoms with Gasteiger partial charge in [0.15, 0.2) is 0 Å². The second-order valence-corrected chi connectivity index (χ2v) is 5.06. The maximum atomic E-state index is 12.1. The lowest BCUT2D eigenvalue weighted by Crippen LogP contribution is -2.40. The van der Waals surface area contributed by atoms with Crippen molar-refractivity contribution in [1.82, 2.24) is 10.2 Å². The standard InChI is InChI=1S/C12H20N2O3/c1-8-10(12(16)17)4-6-14(8)11(15)7-9-3-2-5-13-9/h8-10,13H,2-7H2,1H3,(H,16,17). The normalized spacial score (nSPS) is 33.0. The van der Waals surface area contributed by atoms with E-state index in [-0.39, 0.29) is 11.9 Å². The number of carbonyl (C=O) groups is 2. The molecular weight excluding hydrogens is 220 g/mol. The Morgan fingerprint density at radius 3 is 2.71 bits per heavy atom. The smallest absolute Gasteiger partial charge is 0.308 e. The zero-order valence-electron chi connectivity index (χ0n) is 10.2. The molecule has 0 radical (unpaired) electrons. The number of carboxylic acid groups (broad SMARTS) is 1. The third-order valence-corrected chi connectivity index (χ3v) is 3.98. The summed E-state index contributed by atoms with van der Waals surface area (Å²) in [7, 11) is 0. The first-order chi connectivity index (χ1) is 8.09. The lowest BCUT2D eigenvalue weighted by molar-refractivity contribution is -0.143. The quantitative estimate of drug-likeness (QED) is 0.751. The minimum absolute atomic E-state index is 0.0978. The molecule has 17 heavy (non-hydrogen) atoms. The highest BCUT2D eigenvalue weighted by atomic mass is 16.4. The molecule has 96 valence electrons. The number of carboxylic acids is 1. The fourth-order valence-electron chi connectivity index (χ4n) is 2.88. The zero-order chi connectivity index (χ0) is 12.4. The predicted molar refractivity (Wildman–Crippen MR) is 62.6 cm³/mol. The molecule has 2 fully saturated rings. The lowest BCUT2D eigenvalue weighted by atomic mass is 10.0. The van der Waals surface area contributed by atoms with Gasteiger partial charge >= 0.3 is 5.97 Å². The number of hydrogen-bond acceptors (Lipinski definition) is 3. The SMILES string of the molecule is CC1C(C(=O)O)CCN1C(=O)CC1CCCN1. The van der Waals surface area contributed by atoms with Gasteiger partial charge in [-0.15, -0.1) is 0 Å². The van der Waals surface area contributed by atoms with Gasteiger partial charge in [-0.1, -0.05) is 0 Å². The molecule has 2 aliphatic rings. The largest absolute Gasteiger partial charge is 0.481 e. The van der Waals surface area contributed by atoms with Gasteiger partial charge in [0.25, 0.3) is 0 Å². The van der Waals surface area contributed by atoms with Gasteiger partial charge in [-0.3, -0.25) is 9.59 Å². The predicted octanol–water partition coefficient (Wildman–Crippen LogP) is 0.450. The highest BCUT2D eigenvalue weighted by Crippen LogP contribution is 2.25. The van der Waals surface area contributed by atoms with E-state index in [1.165, 1.54) is 0 Å². The highest BCUT2D eigenvalue weighted by Gasteiger charge is 2.38. The number of aliphatic carboxylic acids is 1. The van der Waals surface area contributed by atoms with Crippen molar-refractivity contribution in [3.8, 4) is 0 Å². The van der Waals surface area contributed by atoms with Crippen molar-refractivity contribution in [3.05, 3.63) is 0 Å². The van der Waals surface area contributed by atoms with Crippen LogP contribution < -0.4 is 5.32 Å². The van der Waals surface area contributed by atoms with Crippen molar-refractivity contribution in [2.75, 3.05) is 13.1 Å². The minimum atomic E-state index is -0.785. The second kappa shape index (κ2) is 5.04. The van der Waals surface area contributed by atoms with Crippen molar-refractivity contribution in [2.24, 2.45) is 5.92 Å². The van der Waals surface area contributed by atoms with E-state index in [1.807, 2.05) is 6.92 Å². The van der Waals surface area contributed by atoms with E-state index in [4.69, 9.17) is 5.11 Å². The molecule has 0 spiro atoms. The molecule has 2 N–H and O–H groups in total. The topological polar surface area (TPSA) is 69.6 Å². The third-order valence-electron chi connectivity index (χ3n) is 3.98. The van der Waals surface area contributed by atoms with Crippen molar-refractivity contribution in [3.63, 3.8) is 0 Å². The van der Waals surface area contributed by atoms with E-state index >= 15 is 0 Å². The first-order valence-corrected chi connectivity index (χ1v) is 6.35. The van der Waals surface area contributed by atoms with E-state index in [0.29, 0.717) is 25.4 Å². The maximum absolute atomic E-state index is 12.1. The van der Waals surface area contributed by atoms with Crippen LogP contribution in [0.1, 0.15) is 32.6 Å². The van der Waals surface area contributed by atoms with Gasteiger partial charge in [-0.2, -0.15) is 0 Å². The summed E-state index contributed by atoms with van der Waals surface area (Å²) in [5.41, 5.74) is 0. The van der Waals surface area contributed by atoms with Crippen LogP contribution in [-0.4, -0.2) is 47.1 Å². The van der Waals surface area contributed by atoms with Gasteiger partial charge in [0.05, 0.1) is 5.92 Å². The fourth-order valence-corrected chi connectivity index (χ4v) is 2.88. The van der Waals surface area contributed by atoms with Gasteiger partial charge in [-0.05, 0) is 32.7 Å². The molecule has 2 rings (SSSR count). The summed E-state index contributed by atoms with van der Waals surface area (Å²) >= 11 is 0. The molecule has 0 aromatic heterocycles. The maximum Gasteiger partial charge on any atom is 0.308 e. The van der Waals surface area contributed by atoms with Crippen molar-refractivity contribution in [2.45, 2.75) is 44.7 Å². The Kier molecular flexibility index (Phi) is 3.66. The second-order valence-electron chi connectivity index (χ2n) is 5.06. The van der Waals surface area contributed by atoms with Crippen LogP contribution in [0.4, 0.5) is 0 Å². The van der Waals surface area contributed by atoms with Crippen LogP contribution in [0.3, 0.4) is 0 Å². The Labute approximate surface area is 101 Å². The first-order valence-electron chi connectivity index (χ1n) is 6.35. The number of nitrogens with zero attached hydrogens (tertiary/aromatic N) is 1. The van der Waals surface area contributed by atoms with Crippen molar-refractivity contribution < 1.29 is 14.7 Å². The number of amides is 1. The Balaban J connectivity index is 1.89. The van der Waals surface area contributed by atoms with E-state index in [9.17, 15) is 9.59 Å². The van der Waals surface area contributed by atoms with E-state index in [2.05, 4.69) is 5.32 Å². The van der Waals surface area contributed by atoms with Crippen LogP contribution in [0.5, 0.6) is 0 Å². The van der Waals surface area contributed by atoms with Crippen molar-refractivity contribution >= 4 is 11.9 Å². The van der Waals surface area contributed by atoms with Crippen LogP contribution in [0.25, 0.3) is 0 Å². The number of nitrogens with one attached hydrogen (secondary N) is 1. The molecule has 0 aromatic rings. The average Bonchev–Trinajstić information content (AvgIpc) is 2.86. The monoisotopic (exact) mass is 240 g/mol. The summed E-state index contributed by atoms with van der Waals surface area (Å²) in [5, 5.41) is 12.3. The molecule has 5 heteroatoms. The number of rotatable bonds is 3. The fraction of sp³-hybridized carbons (Fsp3) is 0.833. The third kappa shape index (κ3) is 2.60. The first kappa shape index (κ1) is 12.4. The summed E-state index contributed by atoms with van der Waals surface area (Å²) in [4.78, 5) is 24.8. The number of carbonyl (C=O) groups excluding carboxylic acids is 1. The van der Waals surface area contributed by atoms with Gasteiger partial charge in [0.1, 0.15) is 0 Å². The van der Waals surface area contributed by atoms with Gasteiger partial charge in [0, 0.05) is 25.0 Å². The molecular formula is C12H20N2O3. The van der Waals surface area contributed by atoms with Gasteiger partial charge in [0.2, 0.25) is 5.91 Å². The van der Waals surface area contributed by atoms with E-state index in [1.54, 1.807) is 4.90 Å². The van der Waals surface area contributed by atoms with Crippen LogP contribution in [-0.2, 0) is 9.59 Å². The minimum Gasteiger partial charge on any atom is -0.481 e. The van der Waals surface area contributed by atoms with Crippen LogP contribution in [0, 0.1) is 5.92 Å². The van der Waals surface area contributed by atoms with Crippen molar-refractivity contribution in [1.29, 1.82) is 0 Å². The Morgan fingerprint density at radius 2 is 2.18 bits per heavy atom. The molecule has 3 unspecified atom stereocenters. The summed E-state index contributed by atoms with van der Waals surface area (Å²) < 4.78 is 0. The number of likely N-dealkylation sites (tertiary alicyclic amines) is 1. The van der Waals surface area contributed by atoms with E-state index in [0.717, 1.165) is 19.4 Å². The number of hydrogen-bond donors (Lipinski definition) is 2.